The summed E-state index contributed by atoms with van der Waals surface area (Å²) >= 11 is 0. The van der Waals surface area contributed by atoms with Crippen LogP contribution in [0.1, 0.15) is 45.4 Å². The van der Waals surface area contributed by atoms with E-state index in [1.807, 2.05) is 0 Å². The van der Waals surface area contributed by atoms with Crippen LogP contribution >= 0.6 is 0 Å². The molecule has 0 bridgehead atoms. The number of rotatable bonds is 10. The van der Waals surface area contributed by atoms with Crippen molar-refractivity contribution in [2.24, 2.45) is 5.92 Å². The fourth-order valence-corrected chi connectivity index (χ4v) is 4.38. The van der Waals surface area contributed by atoms with E-state index in [1.165, 1.54) is 0 Å². The molecule has 2 aliphatic rings. The molecule has 1 atom stereocenters. The Labute approximate surface area is 167 Å². The number of carbonyl (C=O) groups excluding carboxylic acids is 1. The highest BCUT2D eigenvalue weighted by molar-refractivity contribution is 5.76. The van der Waals surface area contributed by atoms with Crippen LogP contribution in [0.5, 0.6) is 0 Å². The number of alkyl halides is 3. The van der Waals surface area contributed by atoms with Gasteiger partial charge in [-0.2, -0.15) is 13.2 Å². The molecule has 0 radical (unpaired) electrons. The summed E-state index contributed by atoms with van der Waals surface area (Å²) in [6.07, 6.45) is -1.66. The first kappa shape index (κ1) is 23.4. The largest absolute Gasteiger partial charge is 0.389 e. The topological polar surface area (TPSA) is 36.0 Å². The minimum Gasteiger partial charge on any atom is -0.383 e. The second-order valence-corrected chi connectivity index (χ2v) is 8.12. The van der Waals surface area contributed by atoms with Crippen LogP contribution in [0.15, 0.2) is 0 Å². The number of likely N-dealkylation sites (N-methyl/N-ethyl adjacent to an activating group) is 1. The number of likely N-dealkylation sites (tertiary alicyclic amines) is 2. The third kappa shape index (κ3) is 7.87. The van der Waals surface area contributed by atoms with Crippen molar-refractivity contribution in [1.82, 2.24) is 14.7 Å². The molecule has 28 heavy (non-hydrogen) atoms. The molecule has 2 fully saturated rings. The molecular formula is C20H36F3N3O2. The predicted molar refractivity (Wildman–Crippen MR) is 103 cm³/mol. The summed E-state index contributed by atoms with van der Waals surface area (Å²) < 4.78 is 43.0. The van der Waals surface area contributed by atoms with Gasteiger partial charge < -0.3 is 14.5 Å². The molecule has 0 saturated carbocycles. The maximum atomic E-state index is 12.6. The fourth-order valence-electron chi connectivity index (χ4n) is 4.38. The average Bonchev–Trinajstić information content (AvgIpc) is 3.11. The number of halogens is 3. The van der Waals surface area contributed by atoms with E-state index in [1.54, 1.807) is 12.0 Å². The van der Waals surface area contributed by atoms with E-state index in [0.717, 1.165) is 58.4 Å². The number of amides is 1. The van der Waals surface area contributed by atoms with Gasteiger partial charge in [0.2, 0.25) is 5.91 Å². The van der Waals surface area contributed by atoms with Gasteiger partial charge in [0.15, 0.2) is 0 Å². The summed E-state index contributed by atoms with van der Waals surface area (Å²) in [6, 6.07) is 0.279. The van der Waals surface area contributed by atoms with Crippen LogP contribution in [0.25, 0.3) is 0 Å². The van der Waals surface area contributed by atoms with Crippen LogP contribution in [0.2, 0.25) is 0 Å². The number of ether oxygens (including phenoxy) is 1. The summed E-state index contributed by atoms with van der Waals surface area (Å²) in [5, 5.41) is 0. The van der Waals surface area contributed by atoms with Crippen LogP contribution in [-0.4, -0.2) is 92.4 Å². The molecule has 0 aliphatic carbocycles. The number of hydrogen-bond acceptors (Lipinski definition) is 4. The minimum absolute atomic E-state index is 0.279. The number of nitrogens with zero attached hydrogens (tertiary/aromatic N) is 3. The van der Waals surface area contributed by atoms with E-state index in [-0.39, 0.29) is 11.9 Å². The van der Waals surface area contributed by atoms with Gasteiger partial charge in [0.05, 0.1) is 13.0 Å². The van der Waals surface area contributed by atoms with E-state index in [4.69, 9.17) is 4.74 Å². The normalized spacial score (nSPS) is 22.7. The van der Waals surface area contributed by atoms with Crippen molar-refractivity contribution >= 4 is 5.91 Å². The first-order valence-corrected chi connectivity index (χ1v) is 10.6. The Morgan fingerprint density at radius 3 is 2.46 bits per heavy atom. The van der Waals surface area contributed by atoms with E-state index in [9.17, 15) is 18.0 Å². The summed E-state index contributed by atoms with van der Waals surface area (Å²) in [7, 11) is 1.69. The lowest BCUT2D eigenvalue weighted by molar-refractivity contribution is -0.150. The number of methoxy groups -OCH3 is 1. The van der Waals surface area contributed by atoms with Crippen molar-refractivity contribution in [1.29, 1.82) is 0 Å². The molecule has 0 aromatic heterocycles. The molecule has 1 unspecified atom stereocenters. The highest BCUT2D eigenvalue weighted by atomic mass is 19.4. The van der Waals surface area contributed by atoms with Gasteiger partial charge in [-0.1, -0.05) is 6.92 Å². The first-order chi connectivity index (χ1) is 13.3. The minimum atomic E-state index is -4.28. The Bertz CT molecular complexity index is 468. The van der Waals surface area contributed by atoms with Gasteiger partial charge in [-0.3, -0.25) is 9.69 Å². The van der Waals surface area contributed by atoms with E-state index in [0.29, 0.717) is 25.6 Å². The molecule has 164 valence electrons. The molecule has 0 spiro atoms. The Kier molecular flexibility index (Phi) is 9.50. The Balaban J connectivity index is 1.91. The lowest BCUT2D eigenvalue weighted by atomic mass is 9.95. The summed E-state index contributed by atoms with van der Waals surface area (Å²) in [4.78, 5) is 19.1. The molecule has 8 heteroatoms. The Hall–Kier alpha value is -0.860. The molecule has 1 amide bonds. The average molecular weight is 408 g/mol. The lowest BCUT2D eigenvalue weighted by Gasteiger charge is -2.36. The second kappa shape index (κ2) is 11.4. The molecule has 5 nitrogen and oxygen atoms in total. The van der Waals surface area contributed by atoms with Crippen molar-refractivity contribution in [2.45, 2.75) is 57.7 Å². The summed E-state index contributed by atoms with van der Waals surface area (Å²) in [6.45, 7) is 8.73. The Morgan fingerprint density at radius 2 is 1.86 bits per heavy atom. The van der Waals surface area contributed by atoms with Crippen LogP contribution in [0, 0.1) is 5.92 Å². The molecule has 2 heterocycles. The Morgan fingerprint density at radius 1 is 1.14 bits per heavy atom. The first-order valence-electron chi connectivity index (χ1n) is 10.6. The zero-order valence-electron chi connectivity index (χ0n) is 17.3. The second-order valence-electron chi connectivity index (χ2n) is 8.12. The van der Waals surface area contributed by atoms with E-state index in [2.05, 4.69) is 16.7 Å². The van der Waals surface area contributed by atoms with Crippen molar-refractivity contribution in [2.75, 3.05) is 59.5 Å². The quantitative estimate of drug-likeness (QED) is 0.558. The van der Waals surface area contributed by atoms with Crippen LogP contribution in [0.3, 0.4) is 0 Å². The van der Waals surface area contributed by atoms with Gasteiger partial charge in [-0.15, -0.1) is 0 Å². The number of carbonyl (C=O) groups is 1. The SMILES string of the molecule is CCN1CCCC1CN(CC1CCN(CCOC)CC1)C(=O)CCC(F)(F)F. The molecule has 0 aromatic carbocycles. The van der Waals surface area contributed by atoms with Gasteiger partial charge in [0.25, 0.3) is 0 Å². The zero-order chi connectivity index (χ0) is 20.6. The van der Waals surface area contributed by atoms with Gasteiger partial charge in [-0.25, -0.2) is 0 Å². The molecule has 0 aromatic rings. The van der Waals surface area contributed by atoms with Crippen molar-refractivity contribution in [3.63, 3.8) is 0 Å². The van der Waals surface area contributed by atoms with Crippen molar-refractivity contribution < 1.29 is 22.7 Å². The van der Waals surface area contributed by atoms with E-state index < -0.39 is 19.0 Å². The molecule has 2 rings (SSSR count). The van der Waals surface area contributed by atoms with Gasteiger partial charge in [0.1, 0.15) is 0 Å². The highest BCUT2D eigenvalue weighted by Gasteiger charge is 2.32. The standard InChI is InChI=1S/C20H36F3N3O2/c1-3-25-10-4-5-18(25)16-26(19(27)6-9-20(21,22)23)15-17-7-11-24(12-8-17)13-14-28-2/h17-18H,3-16H2,1-2H3. The maximum absolute atomic E-state index is 12.6. The monoisotopic (exact) mass is 407 g/mol. The maximum Gasteiger partial charge on any atom is 0.389 e. The van der Waals surface area contributed by atoms with Crippen molar-refractivity contribution in [3.05, 3.63) is 0 Å². The zero-order valence-corrected chi connectivity index (χ0v) is 17.3. The summed E-state index contributed by atoms with van der Waals surface area (Å²) in [5.74, 6) is 0.0206. The van der Waals surface area contributed by atoms with Crippen molar-refractivity contribution in [3.8, 4) is 0 Å². The number of piperidine rings is 1. The molecule has 2 aliphatic heterocycles. The highest BCUT2D eigenvalue weighted by Crippen LogP contribution is 2.25. The fraction of sp³-hybridized carbons (Fsp3) is 0.950. The molecular weight excluding hydrogens is 371 g/mol. The lowest BCUT2D eigenvalue weighted by Crippen LogP contribution is -2.46. The van der Waals surface area contributed by atoms with Gasteiger partial charge in [-0.05, 0) is 57.8 Å². The van der Waals surface area contributed by atoms with Crippen LogP contribution < -0.4 is 0 Å². The third-order valence-corrected chi connectivity index (χ3v) is 6.11. The van der Waals surface area contributed by atoms with Crippen LogP contribution in [-0.2, 0) is 9.53 Å². The molecule has 0 N–H and O–H groups in total. The summed E-state index contributed by atoms with van der Waals surface area (Å²) in [5.41, 5.74) is 0. The van der Waals surface area contributed by atoms with E-state index >= 15 is 0 Å². The smallest absolute Gasteiger partial charge is 0.383 e. The third-order valence-electron chi connectivity index (χ3n) is 6.11. The number of hydrogen-bond donors (Lipinski definition) is 0. The predicted octanol–water partition coefficient (Wildman–Crippen LogP) is 3.00. The molecule has 2 saturated heterocycles. The van der Waals surface area contributed by atoms with Gasteiger partial charge in [0, 0.05) is 39.2 Å². The van der Waals surface area contributed by atoms with Gasteiger partial charge >= 0.3 is 6.18 Å². The van der Waals surface area contributed by atoms with Crippen LogP contribution in [0.4, 0.5) is 13.2 Å².